The van der Waals surface area contributed by atoms with E-state index in [9.17, 15) is 4.79 Å². The van der Waals surface area contributed by atoms with Gasteiger partial charge in [-0.15, -0.1) is 0 Å². The Morgan fingerprint density at radius 3 is 2.05 bits per heavy atom. The molecule has 0 aromatic carbocycles. The van der Waals surface area contributed by atoms with Gasteiger partial charge in [-0.1, -0.05) is 58.3 Å². The number of hydrogen-bond acceptors (Lipinski definition) is 3. The number of unbranched alkanes of at least 4 members (excludes halogenated alkanes) is 8. The van der Waals surface area contributed by atoms with E-state index in [1.54, 1.807) is 0 Å². The van der Waals surface area contributed by atoms with Crippen LogP contribution in [-0.2, 0) is 4.79 Å². The van der Waals surface area contributed by atoms with Crippen LogP contribution in [0.3, 0.4) is 0 Å². The minimum absolute atomic E-state index is 0.234. The van der Waals surface area contributed by atoms with E-state index in [1.165, 1.54) is 51.4 Å². The number of ketones is 1. The Balaban J connectivity index is 3.27. The molecule has 0 saturated heterocycles. The molecule has 0 amide bonds. The molecule has 0 bridgehead atoms. The molecule has 0 fully saturated rings. The lowest BCUT2D eigenvalue weighted by Gasteiger charge is -2.09. The summed E-state index contributed by atoms with van der Waals surface area (Å²) in [4.78, 5) is 11.7. The first-order valence-electron chi connectivity index (χ1n) is 8.15. The maximum absolute atomic E-state index is 11.7. The van der Waals surface area contributed by atoms with Crippen LogP contribution >= 0.6 is 0 Å². The van der Waals surface area contributed by atoms with Gasteiger partial charge in [-0.2, -0.15) is 0 Å². The molecular weight excluding hydrogens is 236 g/mol. The van der Waals surface area contributed by atoms with E-state index in [4.69, 9.17) is 5.73 Å². The molecule has 0 aromatic rings. The zero-order valence-electron chi connectivity index (χ0n) is 13.0. The smallest absolute Gasteiger partial charge is 0.149 e. The van der Waals surface area contributed by atoms with E-state index < -0.39 is 0 Å². The van der Waals surface area contributed by atoms with Crippen LogP contribution in [0.2, 0.25) is 0 Å². The van der Waals surface area contributed by atoms with Crippen molar-refractivity contribution in [3.63, 3.8) is 0 Å². The molecule has 0 aliphatic rings. The third-order valence-corrected chi connectivity index (χ3v) is 3.65. The normalized spacial score (nSPS) is 12.6. The molecule has 0 radical (unpaired) electrons. The quantitative estimate of drug-likeness (QED) is 0.476. The molecule has 0 aliphatic heterocycles. The average molecular weight is 270 g/mol. The molecule has 0 aromatic heterocycles. The van der Waals surface area contributed by atoms with Crippen molar-refractivity contribution >= 4 is 5.78 Å². The van der Waals surface area contributed by atoms with Gasteiger partial charge in [-0.25, -0.2) is 0 Å². The van der Waals surface area contributed by atoms with E-state index >= 15 is 0 Å². The molecule has 3 heteroatoms. The number of Topliss-reactive ketones (excluding diaryl/α,β-unsaturated/α-hetero) is 1. The van der Waals surface area contributed by atoms with E-state index in [0.717, 1.165) is 19.4 Å². The number of rotatable bonds is 14. The summed E-state index contributed by atoms with van der Waals surface area (Å²) in [7, 11) is 1.89. The van der Waals surface area contributed by atoms with Crippen LogP contribution in [0.5, 0.6) is 0 Å². The molecule has 0 saturated carbocycles. The van der Waals surface area contributed by atoms with Crippen LogP contribution < -0.4 is 11.1 Å². The Morgan fingerprint density at radius 2 is 1.53 bits per heavy atom. The summed E-state index contributed by atoms with van der Waals surface area (Å²) in [6.45, 7) is 3.07. The first-order valence-corrected chi connectivity index (χ1v) is 8.15. The summed E-state index contributed by atoms with van der Waals surface area (Å²) >= 11 is 0. The van der Waals surface area contributed by atoms with E-state index in [1.807, 2.05) is 7.05 Å². The second-order valence-corrected chi connectivity index (χ2v) is 5.54. The summed E-state index contributed by atoms with van der Waals surface area (Å²) in [5.41, 5.74) is 5.82. The van der Waals surface area contributed by atoms with Gasteiger partial charge in [0, 0.05) is 6.42 Å². The fourth-order valence-corrected chi connectivity index (χ4v) is 2.26. The van der Waals surface area contributed by atoms with Crippen molar-refractivity contribution < 1.29 is 4.79 Å². The summed E-state index contributed by atoms with van der Waals surface area (Å²) < 4.78 is 0. The predicted molar refractivity (Wildman–Crippen MR) is 83.4 cm³/mol. The highest BCUT2D eigenvalue weighted by Gasteiger charge is 2.11. The van der Waals surface area contributed by atoms with Crippen molar-refractivity contribution in [3.05, 3.63) is 0 Å². The van der Waals surface area contributed by atoms with Gasteiger partial charge >= 0.3 is 0 Å². The van der Waals surface area contributed by atoms with Gasteiger partial charge in [0.25, 0.3) is 0 Å². The lowest BCUT2D eigenvalue weighted by Crippen LogP contribution is -2.33. The van der Waals surface area contributed by atoms with Crippen molar-refractivity contribution in [3.8, 4) is 0 Å². The summed E-state index contributed by atoms with van der Waals surface area (Å²) in [5.74, 6) is 0.234. The molecule has 0 rings (SSSR count). The third-order valence-electron chi connectivity index (χ3n) is 3.65. The van der Waals surface area contributed by atoms with Gasteiger partial charge < -0.3 is 11.1 Å². The summed E-state index contributed by atoms with van der Waals surface area (Å²) in [5, 5.41) is 3.03. The monoisotopic (exact) mass is 270 g/mol. The lowest BCUT2D eigenvalue weighted by molar-refractivity contribution is -0.120. The summed E-state index contributed by atoms with van der Waals surface area (Å²) in [6, 6.07) is -0.263. The predicted octanol–water partition coefficient (Wildman–Crippen LogP) is 3.41. The zero-order valence-corrected chi connectivity index (χ0v) is 13.0. The van der Waals surface area contributed by atoms with E-state index in [-0.39, 0.29) is 11.8 Å². The Kier molecular flexibility index (Phi) is 13.7. The molecule has 3 nitrogen and oxygen atoms in total. The molecule has 0 heterocycles. The highest BCUT2D eigenvalue weighted by Crippen LogP contribution is 2.11. The van der Waals surface area contributed by atoms with Crippen LogP contribution in [-0.4, -0.2) is 25.4 Å². The van der Waals surface area contributed by atoms with Gasteiger partial charge in [-0.3, -0.25) is 4.79 Å². The van der Waals surface area contributed by atoms with Crippen LogP contribution in [0.4, 0.5) is 0 Å². The van der Waals surface area contributed by atoms with E-state index in [0.29, 0.717) is 6.42 Å². The van der Waals surface area contributed by atoms with Crippen LogP contribution in [0.1, 0.15) is 77.6 Å². The Morgan fingerprint density at radius 1 is 1.00 bits per heavy atom. The highest BCUT2D eigenvalue weighted by molar-refractivity contribution is 5.83. The minimum Gasteiger partial charge on any atom is -0.321 e. The number of carbonyl (C=O) groups is 1. The SMILES string of the molecule is CCCCCCCCCCCC(=O)C(N)CCNC. The summed E-state index contributed by atoms with van der Waals surface area (Å²) in [6.07, 6.45) is 13.0. The first-order chi connectivity index (χ1) is 9.22. The fourth-order valence-electron chi connectivity index (χ4n) is 2.26. The van der Waals surface area contributed by atoms with Crippen molar-refractivity contribution in [2.24, 2.45) is 5.73 Å². The largest absolute Gasteiger partial charge is 0.321 e. The second-order valence-electron chi connectivity index (χ2n) is 5.54. The van der Waals surface area contributed by atoms with Gasteiger partial charge in [0.1, 0.15) is 5.78 Å². The number of nitrogens with one attached hydrogen (secondary N) is 1. The Bertz CT molecular complexity index is 207. The third kappa shape index (κ3) is 12.4. The minimum atomic E-state index is -0.263. The van der Waals surface area contributed by atoms with Crippen LogP contribution in [0.15, 0.2) is 0 Å². The number of carbonyl (C=O) groups excluding carboxylic acids is 1. The molecule has 114 valence electrons. The standard InChI is InChI=1S/C16H34N2O/c1-3-4-5-6-7-8-9-10-11-12-16(19)15(17)13-14-18-2/h15,18H,3-14,17H2,1-2H3. The van der Waals surface area contributed by atoms with E-state index in [2.05, 4.69) is 12.2 Å². The first kappa shape index (κ1) is 18.6. The van der Waals surface area contributed by atoms with Gasteiger partial charge in [0.05, 0.1) is 6.04 Å². The van der Waals surface area contributed by atoms with Crippen molar-refractivity contribution in [2.45, 2.75) is 83.6 Å². The average Bonchev–Trinajstić information content (AvgIpc) is 2.42. The zero-order chi connectivity index (χ0) is 14.3. The molecule has 0 spiro atoms. The van der Waals surface area contributed by atoms with Crippen LogP contribution in [0, 0.1) is 0 Å². The van der Waals surface area contributed by atoms with Gasteiger partial charge in [-0.05, 0) is 26.4 Å². The Labute approximate surface area is 119 Å². The Hall–Kier alpha value is -0.410. The molecule has 1 atom stereocenters. The second kappa shape index (κ2) is 14.0. The maximum atomic E-state index is 11.7. The molecular formula is C16H34N2O. The van der Waals surface area contributed by atoms with Crippen LogP contribution in [0.25, 0.3) is 0 Å². The van der Waals surface area contributed by atoms with Gasteiger partial charge in [0.2, 0.25) is 0 Å². The fraction of sp³-hybridized carbons (Fsp3) is 0.938. The van der Waals surface area contributed by atoms with Gasteiger partial charge in [0.15, 0.2) is 0 Å². The number of hydrogen-bond donors (Lipinski definition) is 2. The van der Waals surface area contributed by atoms with Crippen molar-refractivity contribution in [1.82, 2.24) is 5.32 Å². The van der Waals surface area contributed by atoms with Crippen molar-refractivity contribution in [2.75, 3.05) is 13.6 Å². The highest BCUT2D eigenvalue weighted by atomic mass is 16.1. The lowest BCUT2D eigenvalue weighted by atomic mass is 10.0. The maximum Gasteiger partial charge on any atom is 0.149 e. The topological polar surface area (TPSA) is 55.1 Å². The molecule has 3 N–H and O–H groups in total. The molecule has 1 unspecified atom stereocenters. The molecule has 19 heavy (non-hydrogen) atoms. The van der Waals surface area contributed by atoms with Crippen molar-refractivity contribution in [1.29, 1.82) is 0 Å². The molecule has 0 aliphatic carbocycles. The number of nitrogens with two attached hydrogens (primary N) is 1.